The average molecular weight is 643 g/mol. The van der Waals surface area contributed by atoms with Crippen LogP contribution in [0.3, 0.4) is 0 Å². The fraction of sp³-hybridized carbons (Fsp3) is 0.290. The predicted molar refractivity (Wildman–Crippen MR) is 155 cm³/mol. The van der Waals surface area contributed by atoms with E-state index in [-0.39, 0.29) is 36.5 Å². The SMILES string of the molecule is O=C1C2CC=C3C(CC4(Cl)C(=O)N(c5ccc(F)cc5)C(=O)C4(Cl)C3c3cccc(F)c3O)C2C(=O)N1Cc1cccs1. The number of anilines is 1. The van der Waals surface area contributed by atoms with Crippen LogP contribution in [0.1, 0.15) is 29.2 Å². The molecule has 2 saturated heterocycles. The smallest absolute Gasteiger partial charge is 0.258 e. The number of carbonyl (C=O) groups is 4. The van der Waals surface area contributed by atoms with Crippen LogP contribution >= 0.6 is 34.5 Å². The van der Waals surface area contributed by atoms with E-state index in [4.69, 9.17) is 23.2 Å². The molecular weight excluding hydrogens is 621 g/mol. The Bertz CT molecular complexity index is 1750. The maximum Gasteiger partial charge on any atom is 0.258 e. The Labute approximate surface area is 258 Å². The van der Waals surface area contributed by atoms with Gasteiger partial charge in [0.05, 0.1) is 24.1 Å². The first-order chi connectivity index (χ1) is 20.5. The number of nitrogens with zero attached hydrogens (tertiary/aromatic N) is 2. The summed E-state index contributed by atoms with van der Waals surface area (Å²) >= 11 is 15.9. The number of thiophene rings is 1. The van der Waals surface area contributed by atoms with Crippen LogP contribution in [-0.4, -0.2) is 43.4 Å². The molecule has 43 heavy (non-hydrogen) atoms. The molecule has 0 spiro atoms. The molecular formula is C31H22Cl2F2N2O5S. The summed E-state index contributed by atoms with van der Waals surface area (Å²) in [7, 11) is 0. The van der Waals surface area contributed by atoms with Crippen LogP contribution < -0.4 is 4.90 Å². The number of fused-ring (bicyclic) bond motifs is 4. The summed E-state index contributed by atoms with van der Waals surface area (Å²) in [6.07, 6.45) is 1.58. The lowest BCUT2D eigenvalue weighted by Gasteiger charge is -2.50. The highest BCUT2D eigenvalue weighted by molar-refractivity contribution is 7.09. The molecule has 1 saturated carbocycles. The second kappa shape index (κ2) is 9.70. The summed E-state index contributed by atoms with van der Waals surface area (Å²) in [4.78, 5) is 54.3. The topological polar surface area (TPSA) is 95.0 Å². The van der Waals surface area contributed by atoms with E-state index in [0.29, 0.717) is 5.57 Å². The molecule has 0 radical (unpaired) electrons. The molecule has 6 unspecified atom stereocenters. The van der Waals surface area contributed by atoms with Crippen molar-refractivity contribution in [2.24, 2.45) is 17.8 Å². The molecule has 220 valence electrons. The maximum atomic E-state index is 14.8. The van der Waals surface area contributed by atoms with Gasteiger partial charge in [0.15, 0.2) is 21.3 Å². The number of alkyl halides is 2. The van der Waals surface area contributed by atoms with Crippen molar-refractivity contribution in [2.45, 2.75) is 35.1 Å². The number of rotatable bonds is 4. The van der Waals surface area contributed by atoms with Gasteiger partial charge >= 0.3 is 0 Å². The molecule has 1 N–H and O–H groups in total. The van der Waals surface area contributed by atoms with Gasteiger partial charge in [0.1, 0.15) is 5.82 Å². The number of likely N-dealkylation sites (tertiary alicyclic amines) is 1. The lowest BCUT2D eigenvalue weighted by atomic mass is 9.56. The third kappa shape index (κ3) is 3.76. The zero-order chi connectivity index (χ0) is 30.4. The van der Waals surface area contributed by atoms with Crippen LogP contribution in [0.5, 0.6) is 5.75 Å². The number of phenolic OH excluding ortho intramolecular Hbond substituents is 1. The Morgan fingerprint density at radius 3 is 2.37 bits per heavy atom. The molecule has 12 heteroatoms. The number of hydrogen-bond donors (Lipinski definition) is 1. The van der Waals surface area contributed by atoms with Gasteiger partial charge in [-0.25, -0.2) is 13.7 Å². The Morgan fingerprint density at radius 2 is 1.67 bits per heavy atom. The summed E-state index contributed by atoms with van der Waals surface area (Å²) in [6, 6.07) is 12.0. The average Bonchev–Trinajstić information content (AvgIpc) is 3.62. The van der Waals surface area contributed by atoms with Gasteiger partial charge in [0.25, 0.3) is 11.8 Å². The van der Waals surface area contributed by atoms with Gasteiger partial charge in [0.2, 0.25) is 11.8 Å². The van der Waals surface area contributed by atoms with Crippen LogP contribution in [0.4, 0.5) is 14.5 Å². The monoisotopic (exact) mass is 642 g/mol. The van der Waals surface area contributed by atoms with Gasteiger partial charge in [-0.1, -0.05) is 29.8 Å². The van der Waals surface area contributed by atoms with Gasteiger partial charge in [-0.15, -0.1) is 34.5 Å². The van der Waals surface area contributed by atoms with Gasteiger partial charge in [-0.2, -0.15) is 0 Å². The Balaban J connectivity index is 1.39. The highest BCUT2D eigenvalue weighted by Crippen LogP contribution is 2.66. The number of allylic oxidation sites excluding steroid dienone is 2. The van der Waals surface area contributed by atoms with E-state index >= 15 is 0 Å². The summed E-state index contributed by atoms with van der Waals surface area (Å²) < 4.78 is 28.5. The molecule has 2 aromatic carbocycles. The van der Waals surface area contributed by atoms with Crippen molar-refractivity contribution in [3.63, 3.8) is 0 Å². The van der Waals surface area contributed by atoms with E-state index in [1.165, 1.54) is 40.5 Å². The molecule has 2 aliphatic heterocycles. The lowest BCUT2D eigenvalue weighted by molar-refractivity contribution is -0.141. The van der Waals surface area contributed by atoms with Gasteiger partial charge in [0, 0.05) is 16.4 Å². The quantitative estimate of drug-likeness (QED) is 0.231. The number of halogens is 4. The largest absolute Gasteiger partial charge is 0.505 e. The minimum atomic E-state index is -2.26. The van der Waals surface area contributed by atoms with Crippen LogP contribution in [0, 0.1) is 29.4 Å². The van der Waals surface area contributed by atoms with Gasteiger partial charge in [-0.05, 0) is 60.5 Å². The highest BCUT2D eigenvalue weighted by Gasteiger charge is 2.77. The van der Waals surface area contributed by atoms with Crippen molar-refractivity contribution in [3.05, 3.63) is 93.7 Å². The van der Waals surface area contributed by atoms with E-state index in [2.05, 4.69) is 0 Å². The molecule has 3 aromatic rings. The minimum Gasteiger partial charge on any atom is -0.505 e. The minimum absolute atomic E-state index is 0.0251. The maximum absolute atomic E-state index is 14.8. The first-order valence-corrected chi connectivity index (χ1v) is 15.2. The van der Waals surface area contributed by atoms with E-state index in [1.807, 2.05) is 17.5 Å². The molecule has 1 aromatic heterocycles. The molecule has 6 atom stereocenters. The van der Waals surface area contributed by atoms with Crippen molar-refractivity contribution in [2.75, 3.05) is 4.90 Å². The number of para-hydroxylation sites is 1. The second-order valence-corrected chi connectivity index (χ2v) is 13.5. The molecule has 7 rings (SSSR count). The van der Waals surface area contributed by atoms with E-state index in [0.717, 1.165) is 28.0 Å². The van der Waals surface area contributed by atoms with Crippen molar-refractivity contribution in [3.8, 4) is 5.75 Å². The van der Waals surface area contributed by atoms with Crippen LogP contribution in [0.25, 0.3) is 0 Å². The summed E-state index contributed by atoms with van der Waals surface area (Å²) in [5.74, 6) is -8.76. The first-order valence-electron chi connectivity index (χ1n) is 13.6. The summed E-state index contributed by atoms with van der Waals surface area (Å²) in [6.45, 7) is 0.0969. The van der Waals surface area contributed by atoms with Crippen molar-refractivity contribution in [1.82, 2.24) is 4.90 Å². The number of hydrogen-bond acceptors (Lipinski definition) is 6. The first kappa shape index (κ1) is 28.2. The Hall–Kier alpha value is -3.60. The number of benzene rings is 2. The molecule has 3 fully saturated rings. The highest BCUT2D eigenvalue weighted by atomic mass is 35.5. The third-order valence-electron chi connectivity index (χ3n) is 9.21. The number of imide groups is 2. The summed E-state index contributed by atoms with van der Waals surface area (Å²) in [5, 5.41) is 12.8. The van der Waals surface area contributed by atoms with Gasteiger partial charge in [-0.3, -0.25) is 24.1 Å². The molecule has 4 aliphatic rings. The van der Waals surface area contributed by atoms with Crippen molar-refractivity contribution >= 4 is 63.9 Å². The summed E-state index contributed by atoms with van der Waals surface area (Å²) in [5.41, 5.74) is 0.371. The fourth-order valence-corrected chi connectivity index (χ4v) is 8.91. The second-order valence-electron chi connectivity index (χ2n) is 11.3. The van der Waals surface area contributed by atoms with Crippen LogP contribution in [0.15, 0.2) is 71.6 Å². The van der Waals surface area contributed by atoms with Crippen molar-refractivity contribution < 1.29 is 33.1 Å². The van der Waals surface area contributed by atoms with Crippen molar-refractivity contribution in [1.29, 1.82) is 0 Å². The standard InChI is InChI=1S/C31H22Cl2F2N2O5S/c32-30-13-21-18(10-11-19-23(21)27(40)36(26(19)39)14-17-3-2-12-43-17)24(20-4-1-5-22(35)25(20)38)31(30,33)29(42)37(28(30)41)16-8-6-15(34)7-9-16/h1-10,12,19,21,23-24,38H,11,13-14H2. The third-order valence-corrected chi connectivity index (χ3v) is 11.5. The zero-order valence-electron chi connectivity index (χ0n) is 22.2. The fourth-order valence-electron chi connectivity index (χ4n) is 7.29. The molecule has 3 heterocycles. The number of carbonyl (C=O) groups excluding carboxylic acids is 4. The van der Waals surface area contributed by atoms with E-state index in [9.17, 15) is 33.1 Å². The molecule has 0 bridgehead atoms. The normalized spacial score (nSPS) is 31.7. The van der Waals surface area contributed by atoms with E-state index in [1.54, 1.807) is 6.08 Å². The lowest BCUT2D eigenvalue weighted by Crippen LogP contribution is -2.60. The van der Waals surface area contributed by atoms with Crippen LogP contribution in [-0.2, 0) is 25.7 Å². The molecule has 2 aliphatic carbocycles. The van der Waals surface area contributed by atoms with Crippen LogP contribution in [0.2, 0.25) is 0 Å². The Kier molecular flexibility index (Phi) is 6.36. The Morgan fingerprint density at radius 1 is 0.930 bits per heavy atom. The molecule has 7 nitrogen and oxygen atoms in total. The number of amides is 4. The number of aromatic hydroxyl groups is 1. The van der Waals surface area contributed by atoms with Gasteiger partial charge < -0.3 is 5.11 Å². The zero-order valence-corrected chi connectivity index (χ0v) is 24.5. The predicted octanol–water partition coefficient (Wildman–Crippen LogP) is 5.50. The number of phenols is 1. The molecule has 4 amide bonds. The van der Waals surface area contributed by atoms with E-state index < -0.39 is 68.5 Å².